The third-order valence-corrected chi connectivity index (χ3v) is 3.83. The van der Waals surface area contributed by atoms with Gasteiger partial charge in [-0.15, -0.1) is 0 Å². The summed E-state index contributed by atoms with van der Waals surface area (Å²) >= 11 is 5.62. The van der Waals surface area contributed by atoms with E-state index in [1.165, 1.54) is 17.0 Å². The van der Waals surface area contributed by atoms with Gasteiger partial charge in [0.15, 0.2) is 0 Å². The lowest BCUT2D eigenvalue weighted by Gasteiger charge is -2.19. The van der Waals surface area contributed by atoms with Gasteiger partial charge in [0.25, 0.3) is 0 Å². The zero-order valence-corrected chi connectivity index (χ0v) is 11.6. The van der Waals surface area contributed by atoms with Crippen LogP contribution in [0.2, 0.25) is 5.02 Å². The van der Waals surface area contributed by atoms with Crippen LogP contribution in [0.1, 0.15) is 5.56 Å². The molecule has 3 nitrogen and oxygen atoms in total. The Bertz CT molecular complexity index is 549. The van der Waals surface area contributed by atoms with Gasteiger partial charge in [-0.25, -0.2) is 4.39 Å². The fourth-order valence-corrected chi connectivity index (χ4v) is 2.68. The van der Waals surface area contributed by atoms with Gasteiger partial charge < -0.3 is 5.73 Å². The topological polar surface area (TPSA) is 46.3 Å². The summed E-state index contributed by atoms with van der Waals surface area (Å²) < 4.78 is 52.3. The van der Waals surface area contributed by atoms with Gasteiger partial charge in [-0.3, -0.25) is 9.69 Å². The van der Waals surface area contributed by atoms with Crippen LogP contribution < -0.4 is 5.73 Å². The van der Waals surface area contributed by atoms with Crippen molar-refractivity contribution in [3.05, 3.63) is 34.6 Å². The van der Waals surface area contributed by atoms with Gasteiger partial charge in [0.05, 0.1) is 11.8 Å². The summed E-state index contributed by atoms with van der Waals surface area (Å²) in [6.45, 7) is -0.542. The van der Waals surface area contributed by atoms with E-state index in [1.54, 1.807) is 0 Å². The van der Waals surface area contributed by atoms with Crippen molar-refractivity contribution >= 4 is 17.5 Å². The van der Waals surface area contributed by atoms with Gasteiger partial charge in [0.1, 0.15) is 5.82 Å². The summed E-state index contributed by atoms with van der Waals surface area (Å²) in [4.78, 5) is 12.5. The predicted octanol–water partition coefficient (Wildman–Crippen LogP) is 2.57. The van der Waals surface area contributed by atoms with E-state index in [2.05, 4.69) is 0 Å². The molecular weight excluding hydrogens is 312 g/mol. The molecule has 1 amide bonds. The maximum Gasteiger partial charge on any atom is 0.393 e. The molecule has 2 atom stereocenters. The second-order valence-corrected chi connectivity index (χ2v) is 5.52. The van der Waals surface area contributed by atoms with Crippen molar-refractivity contribution in [1.29, 1.82) is 0 Å². The lowest BCUT2D eigenvalue weighted by molar-refractivity contribution is -0.182. The Balaban J connectivity index is 2.14. The molecule has 0 spiro atoms. The summed E-state index contributed by atoms with van der Waals surface area (Å²) in [5, 5.41) is 0.209. The monoisotopic (exact) mass is 324 g/mol. The van der Waals surface area contributed by atoms with E-state index in [0.29, 0.717) is 0 Å². The number of rotatable bonds is 3. The molecule has 1 saturated heterocycles. The number of nitrogens with zero attached hydrogens (tertiary/aromatic N) is 1. The van der Waals surface area contributed by atoms with E-state index >= 15 is 0 Å². The molecule has 1 heterocycles. The average molecular weight is 325 g/mol. The van der Waals surface area contributed by atoms with Crippen molar-refractivity contribution in [1.82, 2.24) is 4.90 Å². The number of carbonyl (C=O) groups excluding carboxylic acids is 1. The van der Waals surface area contributed by atoms with Crippen LogP contribution in [-0.2, 0) is 11.3 Å². The molecule has 1 aliphatic heterocycles. The van der Waals surface area contributed by atoms with Crippen molar-refractivity contribution in [3.63, 3.8) is 0 Å². The van der Waals surface area contributed by atoms with Gasteiger partial charge >= 0.3 is 6.18 Å². The minimum absolute atomic E-state index is 0.0284. The van der Waals surface area contributed by atoms with Gasteiger partial charge in [-0.05, 0) is 12.1 Å². The average Bonchev–Trinajstić information content (AvgIpc) is 2.77. The van der Waals surface area contributed by atoms with Crippen LogP contribution in [0.5, 0.6) is 0 Å². The fourth-order valence-electron chi connectivity index (χ4n) is 2.53. The van der Waals surface area contributed by atoms with Crippen LogP contribution in [-0.4, -0.2) is 30.1 Å². The van der Waals surface area contributed by atoms with Crippen LogP contribution in [0.4, 0.5) is 17.6 Å². The third-order valence-electron chi connectivity index (χ3n) is 3.59. The number of alkyl halides is 3. The highest BCUT2D eigenvalue weighted by molar-refractivity contribution is 6.30. The molecule has 8 heteroatoms. The maximum atomic E-state index is 13.7. The Morgan fingerprint density at radius 3 is 2.52 bits per heavy atom. The second-order valence-electron chi connectivity index (χ2n) is 5.09. The van der Waals surface area contributed by atoms with Crippen LogP contribution >= 0.6 is 11.6 Å². The van der Waals surface area contributed by atoms with Crippen LogP contribution in [0, 0.1) is 17.7 Å². The van der Waals surface area contributed by atoms with Gasteiger partial charge in [0, 0.05) is 30.2 Å². The molecule has 2 rings (SSSR count). The second kappa shape index (κ2) is 5.81. The van der Waals surface area contributed by atoms with E-state index in [4.69, 9.17) is 17.3 Å². The number of halogens is 5. The molecule has 1 fully saturated rings. The van der Waals surface area contributed by atoms with Crippen LogP contribution in [0.25, 0.3) is 0 Å². The lowest BCUT2D eigenvalue weighted by Crippen LogP contribution is -2.37. The Labute approximate surface area is 123 Å². The standard InChI is InChI=1S/C13H13ClF4N2O/c14-8-2-1-7(11(15)3-8)4-20-5-9(12(19)21)10(6-20)13(16,17)18/h1-3,9-10H,4-6H2,(H2,19,21)/t9-,10-/m1/s1. The van der Waals surface area contributed by atoms with Crippen molar-refractivity contribution in [2.75, 3.05) is 13.1 Å². The number of hydrogen-bond acceptors (Lipinski definition) is 2. The first-order chi connectivity index (χ1) is 9.68. The summed E-state index contributed by atoms with van der Waals surface area (Å²) in [7, 11) is 0. The van der Waals surface area contributed by atoms with E-state index in [9.17, 15) is 22.4 Å². The zero-order chi connectivity index (χ0) is 15.8. The minimum Gasteiger partial charge on any atom is -0.369 e. The fraction of sp³-hybridized carbons (Fsp3) is 0.462. The quantitative estimate of drug-likeness (QED) is 0.869. The first-order valence-electron chi connectivity index (χ1n) is 6.21. The van der Waals surface area contributed by atoms with E-state index in [1.807, 2.05) is 0 Å². The number of carbonyl (C=O) groups is 1. The van der Waals surface area contributed by atoms with Crippen LogP contribution in [0.15, 0.2) is 18.2 Å². The summed E-state index contributed by atoms with van der Waals surface area (Å²) in [6, 6.07) is 3.97. The van der Waals surface area contributed by atoms with Gasteiger partial charge in [0.2, 0.25) is 5.91 Å². The van der Waals surface area contributed by atoms with Gasteiger partial charge in [-0.2, -0.15) is 13.2 Å². The summed E-state index contributed by atoms with van der Waals surface area (Å²) in [6.07, 6.45) is -4.51. The molecule has 1 aromatic rings. The van der Waals surface area contributed by atoms with Crippen molar-refractivity contribution in [3.8, 4) is 0 Å². The number of hydrogen-bond donors (Lipinski definition) is 1. The summed E-state index contributed by atoms with van der Waals surface area (Å²) in [5.41, 5.74) is 5.26. The van der Waals surface area contributed by atoms with Crippen molar-refractivity contribution < 1.29 is 22.4 Å². The molecule has 2 N–H and O–H groups in total. The van der Waals surface area contributed by atoms with E-state index in [0.717, 1.165) is 6.07 Å². The van der Waals surface area contributed by atoms with Crippen molar-refractivity contribution in [2.45, 2.75) is 12.7 Å². The number of benzene rings is 1. The molecule has 0 unspecified atom stereocenters. The predicted molar refractivity (Wildman–Crippen MR) is 68.9 cm³/mol. The maximum absolute atomic E-state index is 13.7. The molecule has 1 aliphatic rings. The first-order valence-corrected chi connectivity index (χ1v) is 6.58. The Morgan fingerprint density at radius 2 is 2.05 bits per heavy atom. The summed E-state index contributed by atoms with van der Waals surface area (Å²) in [5.74, 6) is -4.70. The number of primary amides is 1. The minimum atomic E-state index is -4.51. The van der Waals surface area contributed by atoms with Crippen molar-refractivity contribution in [2.24, 2.45) is 17.6 Å². The molecule has 0 bridgehead atoms. The lowest BCUT2D eigenvalue weighted by atomic mass is 9.95. The molecule has 0 aromatic heterocycles. The van der Waals surface area contributed by atoms with E-state index in [-0.39, 0.29) is 30.2 Å². The molecule has 21 heavy (non-hydrogen) atoms. The Kier molecular flexibility index (Phi) is 4.43. The number of likely N-dealkylation sites (tertiary alicyclic amines) is 1. The Hall–Kier alpha value is -1.34. The largest absolute Gasteiger partial charge is 0.393 e. The first kappa shape index (κ1) is 16.0. The van der Waals surface area contributed by atoms with Crippen LogP contribution in [0.3, 0.4) is 0 Å². The highest BCUT2D eigenvalue weighted by atomic mass is 35.5. The highest BCUT2D eigenvalue weighted by Gasteiger charge is 2.51. The smallest absolute Gasteiger partial charge is 0.369 e. The highest BCUT2D eigenvalue weighted by Crippen LogP contribution is 2.38. The molecule has 116 valence electrons. The molecule has 0 radical (unpaired) electrons. The molecule has 0 saturated carbocycles. The molecule has 1 aromatic carbocycles. The normalized spacial score (nSPS) is 23.5. The number of amides is 1. The third kappa shape index (κ3) is 3.65. The number of nitrogens with two attached hydrogens (primary N) is 1. The van der Waals surface area contributed by atoms with Gasteiger partial charge in [-0.1, -0.05) is 17.7 Å². The zero-order valence-electron chi connectivity index (χ0n) is 10.8. The Morgan fingerprint density at radius 1 is 1.38 bits per heavy atom. The molecule has 0 aliphatic carbocycles. The molecular formula is C13H13ClF4N2O. The SMILES string of the molecule is NC(=O)[C@@H]1CN(Cc2ccc(Cl)cc2F)C[C@H]1C(F)(F)F. The van der Waals surface area contributed by atoms with E-state index < -0.39 is 29.7 Å².